The van der Waals surface area contributed by atoms with Crippen LogP contribution in [-0.2, 0) is 18.6 Å². The summed E-state index contributed by atoms with van der Waals surface area (Å²) in [5.74, 6) is 1.02. The molecule has 0 aliphatic carbocycles. The normalized spacial score (nSPS) is 10.9. The molecule has 0 fully saturated rings. The van der Waals surface area contributed by atoms with Crippen LogP contribution >= 0.6 is 23.1 Å². The minimum Gasteiger partial charge on any atom is -0.245 e. The van der Waals surface area contributed by atoms with Crippen molar-refractivity contribution in [1.29, 1.82) is 0 Å². The van der Waals surface area contributed by atoms with Crippen LogP contribution in [-0.4, -0.2) is 11.2 Å². The average Bonchev–Trinajstić information content (AvgIpc) is 2.98. The minimum atomic E-state index is 0.996. The van der Waals surface area contributed by atoms with Gasteiger partial charge in [0.05, 0.1) is 5.69 Å². The van der Waals surface area contributed by atoms with Gasteiger partial charge in [-0.2, -0.15) is 11.8 Å². The predicted molar refractivity (Wildman–Crippen MR) is 108 cm³/mol. The Balaban J connectivity index is 1.78. The molecule has 1 nitrogen and oxygen atoms in total. The van der Waals surface area contributed by atoms with Gasteiger partial charge in [0.2, 0.25) is 0 Å². The maximum atomic E-state index is 4.85. The molecule has 0 bridgehead atoms. The van der Waals surface area contributed by atoms with Crippen molar-refractivity contribution < 1.29 is 0 Å². The van der Waals surface area contributed by atoms with Crippen molar-refractivity contribution in [2.75, 3.05) is 6.26 Å². The van der Waals surface area contributed by atoms with Crippen molar-refractivity contribution in [2.45, 2.75) is 31.9 Å². The van der Waals surface area contributed by atoms with Crippen LogP contribution in [0.5, 0.6) is 0 Å². The number of nitrogens with zero attached hydrogens (tertiary/aromatic N) is 1. The van der Waals surface area contributed by atoms with Crippen molar-refractivity contribution in [3.8, 4) is 11.1 Å². The largest absolute Gasteiger partial charge is 0.245 e. The monoisotopic (exact) mass is 353 g/mol. The third-order valence-electron chi connectivity index (χ3n) is 4.00. The maximum absolute atomic E-state index is 4.85. The van der Waals surface area contributed by atoms with E-state index in [1.807, 2.05) is 23.1 Å². The molecule has 3 aromatic rings. The van der Waals surface area contributed by atoms with Crippen LogP contribution in [0.1, 0.15) is 34.5 Å². The summed E-state index contributed by atoms with van der Waals surface area (Å²) in [4.78, 5) is 6.29. The number of thioether (sulfide) groups is 1. The van der Waals surface area contributed by atoms with E-state index < -0.39 is 0 Å². The fourth-order valence-corrected chi connectivity index (χ4v) is 4.67. The van der Waals surface area contributed by atoms with E-state index in [4.69, 9.17) is 4.98 Å². The standard InChI is InChI=1S/C21H23NS2/c1-3-7-19-20(24-21(22-19)15-23-2)14-16-10-12-18(13-11-16)17-8-5-4-6-9-17/h4-6,8-13H,3,7,14-15H2,1-2H3. The third kappa shape index (κ3) is 4.28. The third-order valence-corrected chi connectivity index (χ3v) is 5.85. The first-order chi connectivity index (χ1) is 11.8. The maximum Gasteiger partial charge on any atom is 0.103 e. The second kappa shape index (κ2) is 8.50. The lowest BCUT2D eigenvalue weighted by molar-refractivity contribution is 0.873. The van der Waals surface area contributed by atoms with Crippen LogP contribution in [0.3, 0.4) is 0 Å². The molecule has 3 rings (SSSR count). The van der Waals surface area contributed by atoms with Gasteiger partial charge in [-0.3, -0.25) is 0 Å². The van der Waals surface area contributed by atoms with E-state index in [-0.39, 0.29) is 0 Å². The highest BCUT2D eigenvalue weighted by molar-refractivity contribution is 7.97. The van der Waals surface area contributed by atoms with Gasteiger partial charge in [-0.05, 0) is 29.4 Å². The van der Waals surface area contributed by atoms with E-state index in [0.29, 0.717) is 0 Å². The lowest BCUT2D eigenvalue weighted by atomic mass is 10.0. The average molecular weight is 354 g/mol. The number of hydrogen-bond donors (Lipinski definition) is 0. The van der Waals surface area contributed by atoms with Crippen LogP contribution in [0.2, 0.25) is 0 Å². The van der Waals surface area contributed by atoms with Gasteiger partial charge >= 0.3 is 0 Å². The Kier molecular flexibility index (Phi) is 6.11. The molecule has 0 N–H and O–H groups in total. The fraction of sp³-hybridized carbons (Fsp3) is 0.286. The molecular formula is C21H23NS2. The Labute approximate surface area is 153 Å². The summed E-state index contributed by atoms with van der Waals surface area (Å²) in [7, 11) is 0. The van der Waals surface area contributed by atoms with Gasteiger partial charge in [0, 0.05) is 17.1 Å². The molecule has 0 amide bonds. The molecule has 0 saturated heterocycles. The second-order valence-electron chi connectivity index (χ2n) is 5.90. The second-order valence-corrected chi connectivity index (χ2v) is 7.93. The van der Waals surface area contributed by atoms with Gasteiger partial charge in [-0.15, -0.1) is 11.3 Å². The Morgan fingerprint density at radius 3 is 2.33 bits per heavy atom. The van der Waals surface area contributed by atoms with E-state index in [2.05, 4.69) is 67.8 Å². The van der Waals surface area contributed by atoms with Crippen LogP contribution in [0, 0.1) is 0 Å². The highest BCUT2D eigenvalue weighted by atomic mass is 32.2. The van der Waals surface area contributed by atoms with Crippen molar-refractivity contribution in [3.05, 3.63) is 75.7 Å². The summed E-state index contributed by atoms with van der Waals surface area (Å²) in [5.41, 5.74) is 5.22. The highest BCUT2D eigenvalue weighted by Crippen LogP contribution is 2.27. The molecule has 2 aromatic carbocycles. The van der Waals surface area contributed by atoms with Gasteiger partial charge in [0.15, 0.2) is 0 Å². The van der Waals surface area contributed by atoms with Crippen LogP contribution in [0.15, 0.2) is 54.6 Å². The number of thiazole rings is 1. The molecule has 0 atom stereocenters. The lowest BCUT2D eigenvalue weighted by Gasteiger charge is -2.05. The van der Waals surface area contributed by atoms with E-state index >= 15 is 0 Å². The first-order valence-electron chi connectivity index (χ1n) is 8.41. The van der Waals surface area contributed by atoms with Crippen LogP contribution < -0.4 is 0 Å². The molecule has 1 aromatic heterocycles. The smallest absolute Gasteiger partial charge is 0.103 e. The van der Waals surface area contributed by atoms with E-state index in [9.17, 15) is 0 Å². The van der Waals surface area contributed by atoms with E-state index in [1.165, 1.54) is 32.3 Å². The lowest BCUT2D eigenvalue weighted by Crippen LogP contribution is -1.93. The van der Waals surface area contributed by atoms with Crippen molar-refractivity contribution in [3.63, 3.8) is 0 Å². The minimum absolute atomic E-state index is 0.996. The molecule has 0 saturated carbocycles. The van der Waals surface area contributed by atoms with Crippen molar-refractivity contribution in [1.82, 2.24) is 4.98 Å². The number of aryl methyl sites for hydroxylation is 1. The van der Waals surface area contributed by atoms with Crippen molar-refractivity contribution in [2.24, 2.45) is 0 Å². The predicted octanol–water partition coefficient (Wildman–Crippen LogP) is 6.22. The summed E-state index contributed by atoms with van der Waals surface area (Å²) >= 11 is 3.74. The summed E-state index contributed by atoms with van der Waals surface area (Å²) in [6.07, 6.45) is 5.38. The zero-order valence-electron chi connectivity index (χ0n) is 14.3. The first kappa shape index (κ1) is 17.2. The molecule has 0 aliphatic heterocycles. The molecule has 0 aliphatic rings. The summed E-state index contributed by atoms with van der Waals surface area (Å²) in [6.45, 7) is 2.23. The topological polar surface area (TPSA) is 12.9 Å². The number of aromatic nitrogens is 1. The molecule has 124 valence electrons. The van der Waals surface area contributed by atoms with E-state index in [0.717, 1.165) is 25.0 Å². The molecule has 24 heavy (non-hydrogen) atoms. The molecule has 0 unspecified atom stereocenters. The zero-order chi connectivity index (χ0) is 16.8. The molecule has 0 spiro atoms. The van der Waals surface area contributed by atoms with Gasteiger partial charge in [0.25, 0.3) is 0 Å². The zero-order valence-corrected chi connectivity index (χ0v) is 15.9. The van der Waals surface area contributed by atoms with Gasteiger partial charge in [-0.25, -0.2) is 4.98 Å². The number of rotatable bonds is 7. The molecule has 1 heterocycles. The van der Waals surface area contributed by atoms with Crippen LogP contribution in [0.25, 0.3) is 11.1 Å². The number of benzene rings is 2. The first-order valence-corrected chi connectivity index (χ1v) is 10.6. The molecule has 3 heteroatoms. The van der Waals surface area contributed by atoms with E-state index in [1.54, 1.807) is 0 Å². The molecule has 0 radical (unpaired) electrons. The van der Waals surface area contributed by atoms with Gasteiger partial charge < -0.3 is 0 Å². The summed E-state index contributed by atoms with van der Waals surface area (Å²) < 4.78 is 0. The molecular weight excluding hydrogens is 330 g/mol. The summed E-state index contributed by atoms with van der Waals surface area (Å²) in [5, 5.41) is 1.27. The summed E-state index contributed by atoms with van der Waals surface area (Å²) in [6, 6.07) is 19.5. The Morgan fingerprint density at radius 2 is 1.67 bits per heavy atom. The highest BCUT2D eigenvalue weighted by Gasteiger charge is 2.11. The number of hydrogen-bond acceptors (Lipinski definition) is 3. The quantitative estimate of drug-likeness (QED) is 0.500. The fourth-order valence-electron chi connectivity index (χ4n) is 2.82. The Bertz CT molecular complexity index is 760. The van der Waals surface area contributed by atoms with Crippen LogP contribution in [0.4, 0.5) is 0 Å². The van der Waals surface area contributed by atoms with Gasteiger partial charge in [-0.1, -0.05) is 67.9 Å². The van der Waals surface area contributed by atoms with Crippen molar-refractivity contribution >= 4 is 23.1 Å². The van der Waals surface area contributed by atoms with Gasteiger partial charge in [0.1, 0.15) is 5.01 Å². The SMILES string of the molecule is CCCc1nc(CSC)sc1Cc1ccc(-c2ccccc2)cc1. The Hall–Kier alpha value is -1.58. The Morgan fingerprint density at radius 1 is 0.958 bits per heavy atom.